The van der Waals surface area contributed by atoms with E-state index in [-0.39, 0.29) is 18.0 Å². The third kappa shape index (κ3) is 3.61. The van der Waals surface area contributed by atoms with Crippen molar-refractivity contribution in [1.82, 2.24) is 25.7 Å². The number of hydrogen-bond acceptors (Lipinski definition) is 7. The number of hydrogen-bond donors (Lipinski definition) is 2. The molecule has 0 spiro atoms. The van der Waals surface area contributed by atoms with E-state index in [1.165, 1.54) is 6.42 Å². The SMILES string of the molecule is O=C(C1CC(C2CCCCN2c2ncccn2)NN1)N1CCOCC1. The Morgan fingerprint density at radius 1 is 1.12 bits per heavy atom. The van der Waals surface area contributed by atoms with Gasteiger partial charge in [0.1, 0.15) is 6.04 Å². The van der Waals surface area contributed by atoms with Crippen molar-refractivity contribution in [2.75, 3.05) is 37.7 Å². The number of nitrogens with one attached hydrogen (secondary N) is 2. The molecular weight excluding hydrogens is 320 g/mol. The maximum Gasteiger partial charge on any atom is 0.241 e. The van der Waals surface area contributed by atoms with Gasteiger partial charge in [-0.2, -0.15) is 0 Å². The Hall–Kier alpha value is -1.77. The van der Waals surface area contributed by atoms with Crippen LogP contribution in [0.2, 0.25) is 0 Å². The first-order valence-corrected chi connectivity index (χ1v) is 9.24. The van der Waals surface area contributed by atoms with Gasteiger partial charge in [-0.25, -0.2) is 15.4 Å². The molecule has 4 heterocycles. The third-order valence-corrected chi connectivity index (χ3v) is 5.38. The van der Waals surface area contributed by atoms with Crippen molar-refractivity contribution in [3.8, 4) is 0 Å². The van der Waals surface area contributed by atoms with E-state index in [4.69, 9.17) is 4.74 Å². The molecule has 3 aliphatic heterocycles. The molecule has 3 fully saturated rings. The summed E-state index contributed by atoms with van der Waals surface area (Å²) in [5, 5.41) is 0. The number of ether oxygens (including phenoxy) is 1. The monoisotopic (exact) mass is 346 g/mol. The van der Waals surface area contributed by atoms with Crippen molar-refractivity contribution >= 4 is 11.9 Å². The highest BCUT2D eigenvalue weighted by Gasteiger charge is 2.39. The molecule has 4 rings (SSSR count). The number of piperidine rings is 1. The van der Waals surface area contributed by atoms with Crippen LogP contribution >= 0.6 is 0 Å². The lowest BCUT2D eigenvalue weighted by molar-refractivity contribution is -0.137. The van der Waals surface area contributed by atoms with Crippen LogP contribution in [0.25, 0.3) is 0 Å². The molecule has 0 aliphatic carbocycles. The number of morpholine rings is 1. The molecule has 3 aliphatic rings. The molecule has 0 saturated carbocycles. The van der Waals surface area contributed by atoms with Crippen molar-refractivity contribution in [1.29, 1.82) is 0 Å². The number of rotatable bonds is 3. The van der Waals surface area contributed by atoms with Crippen LogP contribution in [0.1, 0.15) is 25.7 Å². The first kappa shape index (κ1) is 16.7. The van der Waals surface area contributed by atoms with E-state index in [0.29, 0.717) is 32.3 Å². The average Bonchev–Trinajstić information content (AvgIpc) is 3.19. The molecule has 3 atom stereocenters. The Labute approximate surface area is 147 Å². The maximum absolute atomic E-state index is 12.7. The van der Waals surface area contributed by atoms with Gasteiger partial charge in [-0.15, -0.1) is 0 Å². The minimum Gasteiger partial charge on any atom is -0.378 e. The normalized spacial score (nSPS) is 30.5. The van der Waals surface area contributed by atoms with Gasteiger partial charge < -0.3 is 14.5 Å². The summed E-state index contributed by atoms with van der Waals surface area (Å²) in [6.07, 6.45) is 7.83. The zero-order chi connectivity index (χ0) is 17.1. The molecule has 136 valence electrons. The minimum absolute atomic E-state index is 0.163. The summed E-state index contributed by atoms with van der Waals surface area (Å²) in [4.78, 5) is 25.8. The van der Waals surface area contributed by atoms with Crippen LogP contribution in [0.5, 0.6) is 0 Å². The Morgan fingerprint density at radius 2 is 1.92 bits per heavy atom. The molecule has 25 heavy (non-hydrogen) atoms. The second-order valence-corrected chi connectivity index (χ2v) is 6.93. The Bertz CT molecular complexity index is 580. The fourth-order valence-electron chi connectivity index (χ4n) is 4.06. The average molecular weight is 346 g/mol. The van der Waals surface area contributed by atoms with Gasteiger partial charge >= 0.3 is 0 Å². The Balaban J connectivity index is 1.42. The Morgan fingerprint density at radius 3 is 2.72 bits per heavy atom. The van der Waals surface area contributed by atoms with Crippen LogP contribution in [-0.2, 0) is 9.53 Å². The molecule has 1 aromatic heterocycles. The zero-order valence-electron chi connectivity index (χ0n) is 14.4. The lowest BCUT2D eigenvalue weighted by Crippen LogP contribution is -2.52. The third-order valence-electron chi connectivity index (χ3n) is 5.38. The standard InChI is InChI=1S/C17H26N6O2/c24-16(22-8-10-25-11-9-22)14-12-13(20-21-14)15-4-1-2-7-23(15)17-18-5-3-6-19-17/h3,5-6,13-15,20-21H,1-2,4,7-12H2. The van der Waals surface area contributed by atoms with E-state index < -0.39 is 0 Å². The van der Waals surface area contributed by atoms with E-state index in [9.17, 15) is 4.79 Å². The molecular formula is C17H26N6O2. The van der Waals surface area contributed by atoms with Gasteiger partial charge in [0.25, 0.3) is 0 Å². The number of nitrogens with zero attached hydrogens (tertiary/aromatic N) is 4. The summed E-state index contributed by atoms with van der Waals surface area (Å²) in [5.41, 5.74) is 6.59. The van der Waals surface area contributed by atoms with Gasteiger partial charge in [0.2, 0.25) is 11.9 Å². The van der Waals surface area contributed by atoms with Gasteiger partial charge in [0.05, 0.1) is 13.2 Å². The van der Waals surface area contributed by atoms with Crippen molar-refractivity contribution in [2.24, 2.45) is 0 Å². The first-order valence-electron chi connectivity index (χ1n) is 9.24. The quantitative estimate of drug-likeness (QED) is 0.793. The summed E-state index contributed by atoms with van der Waals surface area (Å²) in [5.74, 6) is 0.966. The highest BCUT2D eigenvalue weighted by atomic mass is 16.5. The van der Waals surface area contributed by atoms with E-state index >= 15 is 0 Å². The number of carbonyl (C=O) groups excluding carboxylic acids is 1. The fourth-order valence-corrected chi connectivity index (χ4v) is 4.06. The van der Waals surface area contributed by atoms with Gasteiger partial charge in [-0.05, 0) is 31.7 Å². The number of carbonyl (C=O) groups is 1. The lowest BCUT2D eigenvalue weighted by Gasteiger charge is -2.39. The summed E-state index contributed by atoms with van der Waals surface area (Å²) in [6.45, 7) is 3.62. The predicted octanol–water partition coefficient (Wildman–Crippen LogP) is -0.0706. The van der Waals surface area contributed by atoms with Gasteiger partial charge in [-0.1, -0.05) is 0 Å². The highest BCUT2D eigenvalue weighted by molar-refractivity contribution is 5.82. The van der Waals surface area contributed by atoms with Crippen molar-refractivity contribution < 1.29 is 9.53 Å². The second-order valence-electron chi connectivity index (χ2n) is 6.93. The molecule has 0 radical (unpaired) electrons. The molecule has 0 aromatic carbocycles. The molecule has 1 amide bonds. The molecule has 3 unspecified atom stereocenters. The number of amides is 1. The smallest absolute Gasteiger partial charge is 0.241 e. The summed E-state index contributed by atoms with van der Waals surface area (Å²) >= 11 is 0. The van der Waals surface area contributed by atoms with Gasteiger partial charge in [-0.3, -0.25) is 10.2 Å². The van der Waals surface area contributed by atoms with Crippen molar-refractivity contribution in [3.05, 3.63) is 18.5 Å². The molecule has 8 heteroatoms. The lowest BCUT2D eigenvalue weighted by atomic mass is 9.93. The van der Waals surface area contributed by atoms with Crippen LogP contribution in [0.3, 0.4) is 0 Å². The summed E-state index contributed by atoms with van der Waals surface area (Å²) in [7, 11) is 0. The topological polar surface area (TPSA) is 82.6 Å². The molecule has 8 nitrogen and oxygen atoms in total. The molecule has 3 saturated heterocycles. The first-order chi connectivity index (χ1) is 12.3. The van der Waals surface area contributed by atoms with Crippen LogP contribution in [0, 0.1) is 0 Å². The largest absolute Gasteiger partial charge is 0.378 e. The van der Waals surface area contributed by atoms with Crippen LogP contribution in [-0.4, -0.2) is 71.7 Å². The van der Waals surface area contributed by atoms with Crippen LogP contribution in [0.4, 0.5) is 5.95 Å². The van der Waals surface area contributed by atoms with Crippen LogP contribution < -0.4 is 15.8 Å². The van der Waals surface area contributed by atoms with E-state index in [1.54, 1.807) is 12.4 Å². The van der Waals surface area contributed by atoms with Crippen molar-refractivity contribution in [3.63, 3.8) is 0 Å². The number of aromatic nitrogens is 2. The van der Waals surface area contributed by atoms with Crippen LogP contribution in [0.15, 0.2) is 18.5 Å². The predicted molar refractivity (Wildman–Crippen MR) is 92.9 cm³/mol. The van der Waals surface area contributed by atoms with Crippen molar-refractivity contribution in [2.45, 2.75) is 43.8 Å². The maximum atomic E-state index is 12.7. The zero-order valence-corrected chi connectivity index (χ0v) is 14.4. The summed E-state index contributed by atoms with van der Waals surface area (Å²) < 4.78 is 5.34. The second kappa shape index (κ2) is 7.63. The van der Waals surface area contributed by atoms with Gasteiger partial charge in [0, 0.05) is 44.1 Å². The Kier molecular flexibility index (Phi) is 5.09. The summed E-state index contributed by atoms with van der Waals surface area (Å²) in [6, 6.07) is 2.21. The molecule has 1 aromatic rings. The van der Waals surface area contributed by atoms with Gasteiger partial charge in [0.15, 0.2) is 0 Å². The molecule has 2 N–H and O–H groups in total. The van der Waals surface area contributed by atoms with E-state index in [1.807, 2.05) is 11.0 Å². The highest BCUT2D eigenvalue weighted by Crippen LogP contribution is 2.27. The number of anilines is 1. The van der Waals surface area contributed by atoms with E-state index in [0.717, 1.165) is 31.8 Å². The number of hydrazine groups is 1. The fraction of sp³-hybridized carbons (Fsp3) is 0.706. The molecule has 0 bridgehead atoms. The van der Waals surface area contributed by atoms with E-state index in [2.05, 4.69) is 25.7 Å². The minimum atomic E-state index is -0.163.